The van der Waals surface area contributed by atoms with Gasteiger partial charge in [0.2, 0.25) is 23.6 Å². The fourth-order valence-corrected chi connectivity index (χ4v) is 4.28. The summed E-state index contributed by atoms with van der Waals surface area (Å²) in [5.41, 5.74) is 4.37. The number of rotatable bonds is 13. The summed E-state index contributed by atoms with van der Waals surface area (Å²) < 4.78 is 11.2. The summed E-state index contributed by atoms with van der Waals surface area (Å²) in [6.45, 7) is 14.6. The van der Waals surface area contributed by atoms with Gasteiger partial charge in [-0.05, 0) is 90.8 Å². The molecule has 3 aromatic heterocycles. The van der Waals surface area contributed by atoms with Gasteiger partial charge in [-0.15, -0.1) is 0 Å². The maximum atomic E-state index is 11.1. The second-order valence-corrected chi connectivity index (χ2v) is 11.6. The lowest BCUT2D eigenvalue weighted by molar-refractivity contribution is -0.124. The van der Waals surface area contributed by atoms with Gasteiger partial charge in [0.25, 0.3) is 5.89 Å². The molecule has 0 aliphatic heterocycles. The highest BCUT2D eigenvalue weighted by Crippen LogP contribution is 2.30. The summed E-state index contributed by atoms with van der Waals surface area (Å²) >= 11 is 0. The number of aliphatic hydroxyl groups excluding tert-OH is 2. The maximum Gasteiger partial charge on any atom is 0.354 e. The van der Waals surface area contributed by atoms with Crippen molar-refractivity contribution in [1.29, 1.82) is 0 Å². The summed E-state index contributed by atoms with van der Waals surface area (Å²) in [5, 5.41) is 40.1. The molecule has 1 amide bonds. The van der Waals surface area contributed by atoms with E-state index in [1.165, 1.54) is 6.07 Å². The molecule has 1 atom stereocenters. The first-order chi connectivity index (χ1) is 22.6. The molecule has 258 valence electrons. The minimum absolute atomic E-state index is 0.0145. The molecule has 16 heteroatoms. The van der Waals surface area contributed by atoms with Crippen LogP contribution < -0.4 is 20.7 Å². The van der Waals surface area contributed by atoms with Crippen LogP contribution in [0.1, 0.15) is 60.7 Å². The van der Waals surface area contributed by atoms with Crippen LogP contribution in [-0.2, 0) is 4.79 Å². The highest BCUT2D eigenvalue weighted by Gasteiger charge is 2.17. The van der Waals surface area contributed by atoms with Crippen molar-refractivity contribution in [3.05, 3.63) is 52.5 Å². The van der Waals surface area contributed by atoms with Gasteiger partial charge in [0.05, 0.1) is 0 Å². The zero-order valence-electron chi connectivity index (χ0n) is 28.3. The van der Waals surface area contributed by atoms with E-state index in [0.29, 0.717) is 34.9 Å². The smallest absolute Gasteiger partial charge is 0.354 e. The summed E-state index contributed by atoms with van der Waals surface area (Å²) in [6, 6.07) is 7.32. The fourth-order valence-electron chi connectivity index (χ4n) is 4.28. The van der Waals surface area contributed by atoms with Crippen LogP contribution >= 0.6 is 0 Å². The first-order valence-electron chi connectivity index (χ1n) is 15.3. The third-order valence-corrected chi connectivity index (χ3v) is 6.23. The Hall–Kier alpha value is -5.22. The molecule has 0 fully saturated rings. The number of ether oxygens (including phenoxy) is 1. The third-order valence-electron chi connectivity index (χ3n) is 6.23. The van der Waals surface area contributed by atoms with Crippen LogP contribution in [0.15, 0.2) is 28.8 Å². The lowest BCUT2D eigenvalue weighted by atomic mass is 10.1. The van der Waals surface area contributed by atoms with Crippen molar-refractivity contribution >= 4 is 23.8 Å². The Bertz CT molecular complexity index is 1690. The predicted octanol–water partition coefficient (Wildman–Crippen LogP) is 3.09. The average Bonchev–Trinajstić information content (AvgIpc) is 3.49. The first kappa shape index (κ1) is 37.2. The number of aryl methyl sites for hydroxylation is 4. The number of hydrogen-bond acceptors (Lipinski definition) is 14. The number of nitrogens with zero attached hydrogens (tertiary/aromatic N) is 6. The molecule has 0 saturated carbocycles. The molecule has 3 heterocycles. The molecule has 16 nitrogen and oxygen atoms in total. The van der Waals surface area contributed by atoms with Crippen molar-refractivity contribution in [1.82, 2.24) is 35.4 Å². The van der Waals surface area contributed by atoms with Crippen LogP contribution in [0.25, 0.3) is 23.0 Å². The molecule has 0 spiro atoms. The second kappa shape index (κ2) is 17.1. The number of hydrogen-bond donors (Lipinski definition) is 6. The highest BCUT2D eigenvalue weighted by atomic mass is 16.5. The molecule has 6 N–H and O–H groups in total. The largest absolute Gasteiger partial charge is 0.490 e. The second-order valence-electron chi connectivity index (χ2n) is 11.6. The van der Waals surface area contributed by atoms with Crippen LogP contribution in [0.4, 0.5) is 11.9 Å². The molecule has 4 aromatic rings. The van der Waals surface area contributed by atoms with Crippen molar-refractivity contribution in [2.24, 2.45) is 0 Å². The zero-order chi connectivity index (χ0) is 35.5. The number of aromatic nitrogens is 6. The van der Waals surface area contributed by atoms with Crippen LogP contribution in [0, 0.1) is 27.7 Å². The number of aromatic carboxylic acids is 1. The van der Waals surface area contributed by atoms with Gasteiger partial charge in [-0.3, -0.25) is 4.79 Å². The van der Waals surface area contributed by atoms with Crippen molar-refractivity contribution in [3.63, 3.8) is 0 Å². The van der Waals surface area contributed by atoms with Crippen LogP contribution in [0.2, 0.25) is 0 Å². The Morgan fingerprint density at radius 1 is 0.854 bits per heavy atom. The van der Waals surface area contributed by atoms with E-state index in [2.05, 4.69) is 46.0 Å². The minimum atomic E-state index is -1.04. The quantitative estimate of drug-likeness (QED) is 0.120. The number of carboxylic acid groups (broad SMARTS) is 1. The van der Waals surface area contributed by atoms with Crippen LogP contribution in [0.3, 0.4) is 0 Å². The molecule has 0 aliphatic carbocycles. The Morgan fingerprint density at radius 2 is 1.44 bits per heavy atom. The molecule has 0 saturated heterocycles. The monoisotopic (exact) mass is 665 g/mol. The van der Waals surface area contributed by atoms with E-state index >= 15 is 0 Å². The Balaban J connectivity index is 0.000000373. The van der Waals surface area contributed by atoms with Crippen molar-refractivity contribution in [2.75, 3.05) is 30.4 Å². The topological polar surface area (TPSA) is 231 Å². The SMILES string of the molecule is Cc1cc(-c2nc(-c3cc(C)c(OCC(O)CNC(=O)CO)c(C)c3)no2)nc(NC(C)C)n1.Cc1cc(C(=O)O)nc(NC(C)C)n1. The van der Waals surface area contributed by atoms with Gasteiger partial charge in [-0.25, -0.2) is 24.7 Å². The molecule has 48 heavy (non-hydrogen) atoms. The normalized spacial score (nSPS) is 11.5. The molecule has 0 radical (unpaired) electrons. The van der Waals surface area contributed by atoms with E-state index < -0.39 is 24.6 Å². The number of aliphatic hydroxyl groups is 2. The third kappa shape index (κ3) is 11.2. The minimum Gasteiger partial charge on any atom is -0.490 e. The number of carbonyl (C=O) groups excluding carboxylic acids is 1. The lowest BCUT2D eigenvalue weighted by Gasteiger charge is -2.16. The summed E-state index contributed by atoms with van der Waals surface area (Å²) in [7, 11) is 0. The lowest BCUT2D eigenvalue weighted by Crippen LogP contribution is -2.36. The number of benzene rings is 1. The molecule has 1 aromatic carbocycles. The first-order valence-corrected chi connectivity index (χ1v) is 15.3. The Morgan fingerprint density at radius 3 is 2.00 bits per heavy atom. The van der Waals surface area contributed by atoms with Crippen molar-refractivity contribution in [2.45, 2.75) is 73.6 Å². The molecular formula is C32H43N9O7. The van der Waals surface area contributed by atoms with Crippen LogP contribution in [0.5, 0.6) is 5.75 Å². The molecule has 1 unspecified atom stereocenters. The maximum absolute atomic E-state index is 11.1. The standard InChI is InChI=1S/C23H30N6O5.C9H13N3O2/c1-12(2)25-23-26-15(5)8-18(27-23)22-28-21(29-34-22)16-6-13(3)20(14(4)7-16)33-11-17(31)9-24-19(32)10-30;1-5(2)10-9-11-6(3)4-7(12-9)8(13)14/h6-8,12,17,30-31H,9-11H2,1-5H3,(H,24,32)(H,25,26,27);4-5H,1-3H3,(H,13,14)(H,10,11,12). The highest BCUT2D eigenvalue weighted by molar-refractivity contribution is 5.85. The van der Waals surface area contributed by atoms with E-state index in [4.69, 9.17) is 19.5 Å². The molecule has 0 bridgehead atoms. The van der Waals surface area contributed by atoms with E-state index in [-0.39, 0.29) is 36.8 Å². The van der Waals surface area contributed by atoms with E-state index in [9.17, 15) is 14.7 Å². The van der Waals surface area contributed by atoms with E-state index in [1.54, 1.807) is 13.0 Å². The van der Waals surface area contributed by atoms with Crippen molar-refractivity contribution in [3.8, 4) is 28.7 Å². The van der Waals surface area contributed by atoms with Gasteiger partial charge in [0.15, 0.2) is 5.69 Å². The van der Waals surface area contributed by atoms with Crippen molar-refractivity contribution < 1.29 is 34.2 Å². The summed E-state index contributed by atoms with van der Waals surface area (Å²) in [6.07, 6.45) is -0.917. The van der Waals surface area contributed by atoms with E-state index in [0.717, 1.165) is 22.4 Å². The average molecular weight is 666 g/mol. The fraction of sp³-hybridized carbons (Fsp3) is 0.438. The van der Waals surface area contributed by atoms with Gasteiger partial charge < -0.3 is 40.5 Å². The zero-order valence-corrected chi connectivity index (χ0v) is 28.3. The Labute approximate surface area is 278 Å². The van der Waals surface area contributed by atoms with Crippen LogP contribution in [-0.4, -0.2) is 95.2 Å². The molecule has 4 rings (SSSR count). The van der Waals surface area contributed by atoms with Gasteiger partial charge in [-0.2, -0.15) is 4.98 Å². The predicted molar refractivity (Wildman–Crippen MR) is 178 cm³/mol. The van der Waals surface area contributed by atoms with E-state index in [1.807, 2.05) is 60.6 Å². The van der Waals surface area contributed by atoms with Gasteiger partial charge in [-0.1, -0.05) is 5.16 Å². The Kier molecular flexibility index (Phi) is 13.3. The number of carboxylic acids is 1. The number of anilines is 2. The van der Waals surface area contributed by atoms with Gasteiger partial charge in [0, 0.05) is 35.6 Å². The summed E-state index contributed by atoms with van der Waals surface area (Å²) in [4.78, 5) is 43.0. The van der Waals surface area contributed by atoms with Gasteiger partial charge in [0.1, 0.15) is 30.8 Å². The molecule has 0 aliphatic rings. The molecular weight excluding hydrogens is 622 g/mol. The van der Waals surface area contributed by atoms with Gasteiger partial charge >= 0.3 is 5.97 Å². The summed E-state index contributed by atoms with van der Waals surface area (Å²) in [5.74, 6) is 0.580. The number of carbonyl (C=O) groups is 2. The number of amides is 1. The number of nitrogens with one attached hydrogen (secondary N) is 3.